The molecule has 0 bridgehead atoms. The Hall–Kier alpha value is -2.01. The third-order valence-electron chi connectivity index (χ3n) is 6.18. The van der Waals surface area contributed by atoms with Crippen molar-refractivity contribution in [2.24, 2.45) is 5.73 Å². The van der Waals surface area contributed by atoms with Gasteiger partial charge in [0.1, 0.15) is 5.75 Å². The maximum Gasteiger partial charge on any atom is 0.228 e. The molecular formula is C29H51N3O2. The lowest BCUT2D eigenvalue weighted by atomic mass is 10.0. The van der Waals surface area contributed by atoms with Crippen molar-refractivity contribution in [2.75, 3.05) is 25.5 Å². The minimum atomic E-state index is -0.0121. The highest BCUT2D eigenvalue weighted by Crippen LogP contribution is 2.25. The van der Waals surface area contributed by atoms with Crippen LogP contribution < -0.4 is 21.1 Å². The Morgan fingerprint density at radius 2 is 1.50 bits per heavy atom. The number of ether oxygens (including phenoxy) is 1. The van der Waals surface area contributed by atoms with Crippen molar-refractivity contribution in [2.45, 2.75) is 110 Å². The molecular weight excluding hydrogens is 422 g/mol. The summed E-state index contributed by atoms with van der Waals surface area (Å²) < 4.78 is 5.41. The highest BCUT2D eigenvalue weighted by atomic mass is 16.5. The first-order chi connectivity index (χ1) is 16.7. The van der Waals surface area contributed by atoms with E-state index in [1.165, 1.54) is 89.9 Å². The van der Waals surface area contributed by atoms with Crippen LogP contribution in [0.25, 0.3) is 0 Å². The van der Waals surface area contributed by atoms with Gasteiger partial charge in [0.2, 0.25) is 5.91 Å². The number of rotatable bonds is 22. The highest BCUT2D eigenvalue weighted by molar-refractivity contribution is 5.80. The van der Waals surface area contributed by atoms with Crippen molar-refractivity contribution in [3.63, 3.8) is 0 Å². The van der Waals surface area contributed by atoms with Gasteiger partial charge in [-0.05, 0) is 36.7 Å². The lowest BCUT2D eigenvalue weighted by molar-refractivity contribution is -0.119. The number of nitrogens with one attached hydrogen (secondary N) is 2. The van der Waals surface area contributed by atoms with Crippen LogP contribution in [0.4, 0.5) is 5.69 Å². The summed E-state index contributed by atoms with van der Waals surface area (Å²) in [6.07, 6.45) is 24.5. The summed E-state index contributed by atoms with van der Waals surface area (Å²) in [4.78, 5) is 12.2. The number of unbranched alkanes of at least 4 members (excludes halogenated alkanes) is 14. The molecule has 0 heterocycles. The number of carbonyl (C=O) groups is 1. The number of anilines is 1. The minimum Gasteiger partial charge on any atom is -0.495 e. The van der Waals surface area contributed by atoms with E-state index in [0.29, 0.717) is 19.5 Å². The zero-order valence-electron chi connectivity index (χ0n) is 22.0. The van der Waals surface area contributed by atoms with E-state index in [9.17, 15) is 4.79 Å². The minimum absolute atomic E-state index is 0.0121. The van der Waals surface area contributed by atoms with Crippen molar-refractivity contribution in [1.82, 2.24) is 5.32 Å². The molecule has 0 unspecified atom stereocenters. The molecule has 5 nitrogen and oxygen atoms in total. The molecule has 0 aliphatic carbocycles. The van der Waals surface area contributed by atoms with E-state index in [1.54, 1.807) is 13.3 Å². The number of methoxy groups -OCH3 is 1. The average Bonchev–Trinajstić information content (AvgIpc) is 2.85. The standard InChI is InChI=1S/C29H51N3O2/c1-3-4-5-6-7-8-9-10-11-12-13-14-15-16-17-18-22-32-29(33)25-26-19-20-27(31-23-21-30)28(24-26)34-2/h18-20,22,24,31H,3-17,21,23,25,30H2,1-2H3,(H,32,33)/b22-18+. The summed E-state index contributed by atoms with van der Waals surface area (Å²) in [7, 11) is 1.63. The number of nitrogens with two attached hydrogens (primary N) is 1. The van der Waals surface area contributed by atoms with Crippen LogP contribution in [0, 0.1) is 0 Å². The molecule has 1 aromatic carbocycles. The van der Waals surface area contributed by atoms with Crippen LogP contribution in [0.1, 0.15) is 109 Å². The maximum atomic E-state index is 12.2. The lowest BCUT2D eigenvalue weighted by Gasteiger charge is -2.12. The normalized spacial score (nSPS) is 11.1. The van der Waals surface area contributed by atoms with E-state index in [0.717, 1.165) is 23.4 Å². The smallest absolute Gasteiger partial charge is 0.228 e. The predicted molar refractivity (Wildman–Crippen MR) is 146 cm³/mol. The summed E-state index contributed by atoms with van der Waals surface area (Å²) in [5.41, 5.74) is 7.35. The van der Waals surface area contributed by atoms with E-state index in [4.69, 9.17) is 10.5 Å². The van der Waals surface area contributed by atoms with Crippen LogP contribution >= 0.6 is 0 Å². The Labute approximate surface area is 209 Å². The molecule has 0 aliphatic rings. The topological polar surface area (TPSA) is 76.4 Å². The fourth-order valence-corrected chi connectivity index (χ4v) is 4.13. The second kappa shape index (κ2) is 21.5. The number of amides is 1. The second-order valence-corrected chi connectivity index (χ2v) is 9.28. The molecule has 0 aromatic heterocycles. The lowest BCUT2D eigenvalue weighted by Crippen LogP contribution is -2.19. The highest BCUT2D eigenvalue weighted by Gasteiger charge is 2.07. The van der Waals surface area contributed by atoms with Gasteiger partial charge in [-0.2, -0.15) is 0 Å². The Kier molecular flexibility index (Phi) is 19.0. The molecule has 1 rings (SSSR count). The van der Waals surface area contributed by atoms with Crippen LogP contribution in [0.15, 0.2) is 30.5 Å². The maximum absolute atomic E-state index is 12.2. The Bertz CT molecular complexity index is 661. The van der Waals surface area contributed by atoms with Gasteiger partial charge in [0.05, 0.1) is 19.2 Å². The molecule has 34 heavy (non-hydrogen) atoms. The molecule has 0 radical (unpaired) electrons. The van der Waals surface area contributed by atoms with Crippen LogP contribution in [-0.2, 0) is 11.2 Å². The van der Waals surface area contributed by atoms with Crippen LogP contribution in [0.2, 0.25) is 0 Å². The zero-order valence-corrected chi connectivity index (χ0v) is 22.0. The first kappa shape index (κ1) is 30.0. The Morgan fingerprint density at radius 1 is 0.912 bits per heavy atom. The first-order valence-electron chi connectivity index (χ1n) is 13.8. The zero-order chi connectivity index (χ0) is 24.7. The average molecular weight is 474 g/mol. The van der Waals surface area contributed by atoms with E-state index in [2.05, 4.69) is 23.6 Å². The fourth-order valence-electron chi connectivity index (χ4n) is 4.13. The summed E-state index contributed by atoms with van der Waals surface area (Å²) in [6.45, 7) is 3.51. The van der Waals surface area contributed by atoms with Gasteiger partial charge in [-0.25, -0.2) is 0 Å². The molecule has 0 saturated heterocycles. The number of benzene rings is 1. The number of hydrogen-bond acceptors (Lipinski definition) is 4. The summed E-state index contributed by atoms with van der Waals surface area (Å²) >= 11 is 0. The van der Waals surface area contributed by atoms with Gasteiger partial charge in [-0.15, -0.1) is 0 Å². The van der Waals surface area contributed by atoms with E-state index in [1.807, 2.05) is 18.2 Å². The largest absolute Gasteiger partial charge is 0.495 e. The number of carbonyl (C=O) groups excluding carboxylic acids is 1. The number of allylic oxidation sites excluding steroid dienone is 1. The molecule has 4 N–H and O–H groups in total. The summed E-state index contributed by atoms with van der Waals surface area (Å²) in [5.74, 6) is 0.717. The molecule has 0 saturated carbocycles. The first-order valence-corrected chi connectivity index (χ1v) is 13.8. The third kappa shape index (κ3) is 15.8. The SMILES string of the molecule is CCCCCCCCCCCCCCCC/C=C/NC(=O)Cc1ccc(NCCN)c(OC)c1. The molecule has 5 heteroatoms. The van der Waals surface area contributed by atoms with Gasteiger partial charge in [-0.3, -0.25) is 4.79 Å². The fraction of sp³-hybridized carbons (Fsp3) is 0.690. The summed E-state index contributed by atoms with van der Waals surface area (Å²) in [5, 5.41) is 6.09. The van der Waals surface area contributed by atoms with Crippen LogP contribution in [0.5, 0.6) is 5.75 Å². The molecule has 0 spiro atoms. The molecule has 1 amide bonds. The van der Waals surface area contributed by atoms with E-state index in [-0.39, 0.29) is 5.91 Å². The second-order valence-electron chi connectivity index (χ2n) is 9.28. The summed E-state index contributed by atoms with van der Waals surface area (Å²) in [6, 6.07) is 5.78. The number of hydrogen-bond donors (Lipinski definition) is 3. The van der Waals surface area contributed by atoms with Crippen LogP contribution in [-0.4, -0.2) is 26.1 Å². The molecule has 0 aliphatic heterocycles. The van der Waals surface area contributed by atoms with Crippen molar-refractivity contribution in [3.8, 4) is 5.75 Å². The van der Waals surface area contributed by atoms with Crippen molar-refractivity contribution < 1.29 is 9.53 Å². The van der Waals surface area contributed by atoms with Gasteiger partial charge in [-0.1, -0.05) is 103 Å². The van der Waals surface area contributed by atoms with E-state index >= 15 is 0 Å². The molecule has 1 aromatic rings. The third-order valence-corrected chi connectivity index (χ3v) is 6.18. The van der Waals surface area contributed by atoms with Gasteiger partial charge in [0, 0.05) is 13.1 Å². The Morgan fingerprint density at radius 3 is 2.06 bits per heavy atom. The van der Waals surface area contributed by atoms with Gasteiger partial charge >= 0.3 is 0 Å². The van der Waals surface area contributed by atoms with Gasteiger partial charge in [0.25, 0.3) is 0 Å². The Balaban J connectivity index is 2.00. The molecule has 0 atom stereocenters. The van der Waals surface area contributed by atoms with Crippen molar-refractivity contribution in [1.29, 1.82) is 0 Å². The monoisotopic (exact) mass is 473 g/mol. The quantitative estimate of drug-likeness (QED) is 0.157. The van der Waals surface area contributed by atoms with Gasteiger partial charge in [0.15, 0.2) is 0 Å². The van der Waals surface area contributed by atoms with Crippen molar-refractivity contribution in [3.05, 3.63) is 36.0 Å². The van der Waals surface area contributed by atoms with Gasteiger partial charge < -0.3 is 21.1 Å². The van der Waals surface area contributed by atoms with Crippen LogP contribution in [0.3, 0.4) is 0 Å². The predicted octanol–water partition coefficient (Wildman–Crippen LogP) is 7.11. The molecule has 0 fully saturated rings. The molecule has 194 valence electrons. The van der Waals surface area contributed by atoms with E-state index < -0.39 is 0 Å². The van der Waals surface area contributed by atoms with Crippen molar-refractivity contribution >= 4 is 11.6 Å².